The van der Waals surface area contributed by atoms with Gasteiger partial charge in [-0.2, -0.15) is 0 Å². The largest absolute Gasteiger partial charge is 0.352 e. The summed E-state index contributed by atoms with van der Waals surface area (Å²) in [6.45, 7) is 5.61. The molecule has 0 unspecified atom stereocenters. The molecular weight excluding hydrogens is 228 g/mol. The molecule has 1 aromatic rings. The third kappa shape index (κ3) is 4.20. The molecule has 0 aliphatic rings. The van der Waals surface area contributed by atoms with Crippen LogP contribution in [0, 0.1) is 0 Å². The van der Waals surface area contributed by atoms with Crippen LogP contribution in [0.3, 0.4) is 0 Å². The molecule has 2 amide bonds. The van der Waals surface area contributed by atoms with Crippen molar-refractivity contribution in [1.82, 2.24) is 10.6 Å². The number of hydrogen-bond donors (Lipinski definition) is 2. The van der Waals surface area contributed by atoms with Gasteiger partial charge in [0.2, 0.25) is 5.91 Å². The molecule has 4 nitrogen and oxygen atoms in total. The minimum Gasteiger partial charge on any atom is -0.352 e. The Balaban J connectivity index is 2.52. The van der Waals surface area contributed by atoms with Gasteiger partial charge in [0.15, 0.2) is 0 Å². The lowest BCUT2D eigenvalue weighted by molar-refractivity contribution is -0.123. The summed E-state index contributed by atoms with van der Waals surface area (Å²) < 4.78 is 0. The minimum absolute atomic E-state index is 0.119. The maximum atomic E-state index is 11.8. The molecular formula is C14H20N2O2. The van der Waals surface area contributed by atoms with Crippen molar-refractivity contribution in [3.8, 4) is 0 Å². The summed E-state index contributed by atoms with van der Waals surface area (Å²) in [5.41, 5.74) is 0.556. The highest BCUT2D eigenvalue weighted by Crippen LogP contribution is 1.99. The summed E-state index contributed by atoms with van der Waals surface area (Å²) in [6, 6.07) is 8.44. The smallest absolute Gasteiger partial charge is 0.251 e. The summed E-state index contributed by atoms with van der Waals surface area (Å²) in [5, 5.41) is 5.51. The lowest BCUT2D eigenvalue weighted by atomic mass is 10.2. The molecule has 2 atom stereocenters. The topological polar surface area (TPSA) is 58.2 Å². The normalized spacial score (nSPS) is 13.5. The van der Waals surface area contributed by atoms with E-state index < -0.39 is 6.04 Å². The van der Waals surface area contributed by atoms with Gasteiger partial charge in [-0.3, -0.25) is 9.59 Å². The van der Waals surface area contributed by atoms with Gasteiger partial charge in [-0.25, -0.2) is 0 Å². The minimum atomic E-state index is -0.535. The molecule has 0 radical (unpaired) electrons. The van der Waals surface area contributed by atoms with Crippen LogP contribution in [-0.2, 0) is 4.79 Å². The Hall–Kier alpha value is -1.84. The highest BCUT2D eigenvalue weighted by Gasteiger charge is 2.17. The first-order valence-electron chi connectivity index (χ1n) is 6.21. The van der Waals surface area contributed by atoms with E-state index in [1.54, 1.807) is 31.2 Å². The summed E-state index contributed by atoms with van der Waals surface area (Å²) in [6.07, 6.45) is 0.866. The van der Waals surface area contributed by atoms with Gasteiger partial charge in [-0.15, -0.1) is 0 Å². The Bertz CT molecular complexity index is 404. The van der Waals surface area contributed by atoms with Gasteiger partial charge in [-0.1, -0.05) is 25.1 Å². The summed E-state index contributed by atoms with van der Waals surface area (Å²) >= 11 is 0. The van der Waals surface area contributed by atoms with E-state index in [0.29, 0.717) is 5.56 Å². The van der Waals surface area contributed by atoms with E-state index in [2.05, 4.69) is 10.6 Å². The Labute approximate surface area is 108 Å². The SMILES string of the molecule is CC[C@@H](C)NC(=O)[C@H](C)NC(=O)c1ccccc1. The van der Waals surface area contributed by atoms with Gasteiger partial charge in [0.1, 0.15) is 6.04 Å². The average molecular weight is 248 g/mol. The van der Waals surface area contributed by atoms with E-state index in [0.717, 1.165) is 6.42 Å². The van der Waals surface area contributed by atoms with Crippen molar-refractivity contribution in [2.75, 3.05) is 0 Å². The fourth-order valence-corrected chi connectivity index (χ4v) is 1.40. The number of carbonyl (C=O) groups is 2. The van der Waals surface area contributed by atoms with Crippen LogP contribution in [0.25, 0.3) is 0 Å². The predicted molar refractivity (Wildman–Crippen MR) is 71.3 cm³/mol. The van der Waals surface area contributed by atoms with Crippen molar-refractivity contribution < 1.29 is 9.59 Å². The molecule has 0 heterocycles. The molecule has 0 bridgehead atoms. The van der Waals surface area contributed by atoms with E-state index in [1.807, 2.05) is 19.9 Å². The molecule has 2 N–H and O–H groups in total. The number of rotatable bonds is 5. The molecule has 0 aliphatic carbocycles. The van der Waals surface area contributed by atoms with Gasteiger partial charge < -0.3 is 10.6 Å². The van der Waals surface area contributed by atoms with Crippen molar-refractivity contribution in [3.05, 3.63) is 35.9 Å². The fourth-order valence-electron chi connectivity index (χ4n) is 1.40. The maximum absolute atomic E-state index is 11.8. The Kier molecular flexibility index (Phi) is 5.36. The van der Waals surface area contributed by atoms with Crippen LogP contribution in [-0.4, -0.2) is 23.9 Å². The number of nitrogens with one attached hydrogen (secondary N) is 2. The second kappa shape index (κ2) is 6.79. The van der Waals surface area contributed by atoms with E-state index in [9.17, 15) is 9.59 Å². The summed E-state index contributed by atoms with van der Waals surface area (Å²) in [7, 11) is 0. The van der Waals surface area contributed by atoms with Gasteiger partial charge >= 0.3 is 0 Å². The first-order valence-corrected chi connectivity index (χ1v) is 6.21. The highest BCUT2D eigenvalue weighted by atomic mass is 16.2. The Morgan fingerprint density at radius 2 is 1.72 bits per heavy atom. The molecule has 98 valence electrons. The van der Waals surface area contributed by atoms with E-state index in [-0.39, 0.29) is 17.9 Å². The molecule has 1 rings (SSSR count). The van der Waals surface area contributed by atoms with Crippen molar-refractivity contribution in [2.45, 2.75) is 39.3 Å². The molecule has 0 fully saturated rings. The molecule has 0 saturated heterocycles. The van der Waals surface area contributed by atoms with Crippen molar-refractivity contribution in [2.24, 2.45) is 0 Å². The molecule has 0 spiro atoms. The average Bonchev–Trinajstić information content (AvgIpc) is 2.39. The van der Waals surface area contributed by atoms with Gasteiger partial charge in [-0.05, 0) is 32.4 Å². The van der Waals surface area contributed by atoms with Crippen LogP contribution < -0.4 is 10.6 Å². The highest BCUT2D eigenvalue weighted by molar-refractivity contribution is 5.97. The zero-order valence-electron chi connectivity index (χ0n) is 11.1. The third-order valence-electron chi connectivity index (χ3n) is 2.78. The van der Waals surface area contributed by atoms with E-state index in [4.69, 9.17) is 0 Å². The predicted octanol–water partition coefficient (Wildman–Crippen LogP) is 1.72. The molecule has 0 saturated carbocycles. The lowest BCUT2D eigenvalue weighted by Gasteiger charge is -2.17. The second-order valence-corrected chi connectivity index (χ2v) is 4.38. The first-order chi connectivity index (χ1) is 8.54. The lowest BCUT2D eigenvalue weighted by Crippen LogP contribution is -2.47. The molecule has 1 aromatic carbocycles. The van der Waals surface area contributed by atoms with Crippen molar-refractivity contribution in [1.29, 1.82) is 0 Å². The molecule has 0 aliphatic heterocycles. The van der Waals surface area contributed by atoms with Crippen LogP contribution in [0.2, 0.25) is 0 Å². The monoisotopic (exact) mass is 248 g/mol. The van der Waals surface area contributed by atoms with Crippen molar-refractivity contribution >= 4 is 11.8 Å². The first kappa shape index (κ1) is 14.2. The number of benzene rings is 1. The Morgan fingerprint density at radius 1 is 1.11 bits per heavy atom. The van der Waals surface area contributed by atoms with Crippen molar-refractivity contribution in [3.63, 3.8) is 0 Å². The second-order valence-electron chi connectivity index (χ2n) is 4.38. The maximum Gasteiger partial charge on any atom is 0.251 e. The number of hydrogen-bond acceptors (Lipinski definition) is 2. The van der Waals surface area contributed by atoms with E-state index >= 15 is 0 Å². The van der Waals surface area contributed by atoms with Crippen LogP contribution in [0.1, 0.15) is 37.6 Å². The van der Waals surface area contributed by atoms with Crippen LogP contribution in [0.15, 0.2) is 30.3 Å². The zero-order valence-corrected chi connectivity index (χ0v) is 11.1. The number of carbonyl (C=O) groups excluding carboxylic acids is 2. The summed E-state index contributed by atoms with van der Waals surface area (Å²) in [4.78, 5) is 23.6. The van der Waals surface area contributed by atoms with Crippen LogP contribution in [0.5, 0.6) is 0 Å². The van der Waals surface area contributed by atoms with Crippen LogP contribution >= 0.6 is 0 Å². The molecule has 4 heteroatoms. The van der Waals surface area contributed by atoms with Gasteiger partial charge in [0.25, 0.3) is 5.91 Å². The summed E-state index contributed by atoms with van der Waals surface area (Å²) in [5.74, 6) is -0.393. The fraction of sp³-hybridized carbons (Fsp3) is 0.429. The molecule has 0 aromatic heterocycles. The zero-order chi connectivity index (χ0) is 13.5. The van der Waals surface area contributed by atoms with Gasteiger partial charge in [0.05, 0.1) is 0 Å². The number of amides is 2. The standard InChI is InChI=1S/C14H20N2O2/c1-4-10(2)15-13(17)11(3)16-14(18)12-8-6-5-7-9-12/h5-11H,4H2,1-3H3,(H,15,17)(H,16,18)/t10-,11+/m1/s1. The molecule has 18 heavy (non-hydrogen) atoms. The van der Waals surface area contributed by atoms with Crippen LogP contribution in [0.4, 0.5) is 0 Å². The third-order valence-corrected chi connectivity index (χ3v) is 2.78. The Morgan fingerprint density at radius 3 is 2.28 bits per heavy atom. The quantitative estimate of drug-likeness (QED) is 0.833. The van der Waals surface area contributed by atoms with E-state index in [1.165, 1.54) is 0 Å². The van der Waals surface area contributed by atoms with Gasteiger partial charge in [0, 0.05) is 11.6 Å².